The van der Waals surface area contributed by atoms with Gasteiger partial charge in [-0.1, -0.05) is 25.6 Å². The summed E-state index contributed by atoms with van der Waals surface area (Å²) in [6.07, 6.45) is -3.00. The Kier molecular flexibility index (Phi) is 7.31. The number of furan rings is 1. The number of halogens is 3. The van der Waals surface area contributed by atoms with Crippen molar-refractivity contribution in [1.82, 2.24) is 25.0 Å². The summed E-state index contributed by atoms with van der Waals surface area (Å²) in [5.74, 6) is -0.715. The lowest BCUT2D eigenvalue weighted by molar-refractivity contribution is -0.147. The van der Waals surface area contributed by atoms with Crippen molar-refractivity contribution in [3.05, 3.63) is 30.0 Å². The standard InChI is InChI=1S/C16H22F3N5O2S/c1-4-24(5-2)11(12-7-6-8-26-12)9-20-13(25)10-27-15-22-21-14(23(15)3)16(17,18)19/h6-8,11H,4-5,9-10H2,1-3H3,(H,20,25)/t11-/m1/s1. The molecule has 0 aliphatic carbocycles. The van der Waals surface area contributed by atoms with E-state index < -0.39 is 12.0 Å². The zero-order chi connectivity index (χ0) is 20.0. The lowest BCUT2D eigenvalue weighted by atomic mass is 10.2. The molecule has 2 aromatic heterocycles. The number of nitrogens with one attached hydrogen (secondary N) is 1. The number of hydrogen-bond acceptors (Lipinski definition) is 6. The van der Waals surface area contributed by atoms with Crippen LogP contribution in [0.25, 0.3) is 0 Å². The van der Waals surface area contributed by atoms with Gasteiger partial charge in [-0.2, -0.15) is 13.2 Å². The van der Waals surface area contributed by atoms with E-state index >= 15 is 0 Å². The first-order valence-corrected chi connectivity index (χ1v) is 9.40. The molecule has 0 radical (unpaired) electrons. The van der Waals surface area contributed by atoms with Gasteiger partial charge in [-0.3, -0.25) is 9.69 Å². The van der Waals surface area contributed by atoms with E-state index in [9.17, 15) is 18.0 Å². The van der Waals surface area contributed by atoms with Gasteiger partial charge in [0.15, 0.2) is 5.16 Å². The Morgan fingerprint density at radius 2 is 2.07 bits per heavy atom. The predicted molar refractivity (Wildman–Crippen MR) is 94.1 cm³/mol. The van der Waals surface area contributed by atoms with Gasteiger partial charge in [-0.15, -0.1) is 10.2 Å². The minimum Gasteiger partial charge on any atom is -0.468 e. The maximum absolute atomic E-state index is 12.7. The second kappa shape index (κ2) is 9.27. The second-order valence-corrected chi connectivity index (χ2v) is 6.65. The van der Waals surface area contributed by atoms with Crippen molar-refractivity contribution in [2.24, 2.45) is 7.05 Å². The van der Waals surface area contributed by atoms with Crippen LogP contribution in [-0.4, -0.2) is 51.0 Å². The second-order valence-electron chi connectivity index (χ2n) is 5.71. The number of rotatable bonds is 9. The number of nitrogens with zero attached hydrogens (tertiary/aromatic N) is 4. The normalized spacial score (nSPS) is 13.1. The number of carbonyl (C=O) groups excluding carboxylic acids is 1. The average Bonchev–Trinajstić information content (AvgIpc) is 3.26. The van der Waals surface area contributed by atoms with E-state index in [2.05, 4.69) is 20.4 Å². The molecule has 0 bridgehead atoms. The minimum absolute atomic E-state index is 0.0313. The highest BCUT2D eigenvalue weighted by molar-refractivity contribution is 7.99. The molecule has 1 N–H and O–H groups in total. The van der Waals surface area contributed by atoms with Crippen LogP contribution in [0.2, 0.25) is 0 Å². The first-order valence-electron chi connectivity index (χ1n) is 8.41. The van der Waals surface area contributed by atoms with Crippen molar-refractivity contribution >= 4 is 17.7 Å². The quantitative estimate of drug-likeness (QED) is 0.647. The smallest absolute Gasteiger partial charge is 0.451 e. The number of hydrogen-bond donors (Lipinski definition) is 1. The summed E-state index contributed by atoms with van der Waals surface area (Å²) >= 11 is 0.901. The van der Waals surface area contributed by atoms with Gasteiger partial charge < -0.3 is 14.3 Å². The van der Waals surface area contributed by atoms with Crippen LogP contribution in [0.3, 0.4) is 0 Å². The van der Waals surface area contributed by atoms with Gasteiger partial charge in [0.25, 0.3) is 0 Å². The molecule has 2 heterocycles. The molecule has 2 rings (SSSR count). The molecule has 11 heteroatoms. The Labute approximate surface area is 159 Å². The zero-order valence-corrected chi connectivity index (χ0v) is 16.1. The molecule has 0 unspecified atom stereocenters. The van der Waals surface area contributed by atoms with Gasteiger partial charge in [0, 0.05) is 13.6 Å². The number of thioether (sulfide) groups is 1. The van der Waals surface area contributed by atoms with E-state index in [0.717, 1.165) is 35.2 Å². The summed E-state index contributed by atoms with van der Waals surface area (Å²) in [6, 6.07) is 3.52. The van der Waals surface area contributed by atoms with Gasteiger partial charge in [0.05, 0.1) is 18.1 Å². The van der Waals surface area contributed by atoms with Crippen molar-refractivity contribution < 1.29 is 22.4 Å². The van der Waals surface area contributed by atoms with E-state index in [0.29, 0.717) is 6.54 Å². The van der Waals surface area contributed by atoms with Crippen LogP contribution >= 0.6 is 11.8 Å². The number of alkyl halides is 3. The molecule has 0 aliphatic rings. The molecule has 1 amide bonds. The van der Waals surface area contributed by atoms with E-state index in [1.807, 2.05) is 19.9 Å². The van der Waals surface area contributed by atoms with Crippen LogP contribution in [0.1, 0.15) is 31.5 Å². The predicted octanol–water partition coefficient (Wildman–Crippen LogP) is 2.72. The molecule has 27 heavy (non-hydrogen) atoms. The van der Waals surface area contributed by atoms with Gasteiger partial charge in [-0.05, 0) is 25.2 Å². The third kappa shape index (κ3) is 5.48. The Morgan fingerprint density at radius 1 is 1.37 bits per heavy atom. The van der Waals surface area contributed by atoms with Crippen molar-refractivity contribution in [2.45, 2.75) is 31.2 Å². The Morgan fingerprint density at radius 3 is 2.59 bits per heavy atom. The van der Waals surface area contributed by atoms with Gasteiger partial charge in [0.2, 0.25) is 11.7 Å². The van der Waals surface area contributed by atoms with Crippen molar-refractivity contribution in [3.8, 4) is 0 Å². The molecule has 150 valence electrons. The van der Waals surface area contributed by atoms with Gasteiger partial charge in [0.1, 0.15) is 5.76 Å². The lowest BCUT2D eigenvalue weighted by Crippen LogP contribution is -2.38. The fraction of sp³-hybridized carbons (Fsp3) is 0.562. The Bertz CT molecular complexity index is 729. The van der Waals surface area contributed by atoms with Gasteiger partial charge >= 0.3 is 6.18 Å². The van der Waals surface area contributed by atoms with Crippen LogP contribution in [0.4, 0.5) is 13.2 Å². The van der Waals surface area contributed by atoms with E-state index in [1.165, 1.54) is 7.05 Å². The Balaban J connectivity index is 1.92. The summed E-state index contributed by atoms with van der Waals surface area (Å²) < 4.78 is 44.5. The summed E-state index contributed by atoms with van der Waals surface area (Å²) in [5, 5.41) is 9.47. The zero-order valence-electron chi connectivity index (χ0n) is 15.3. The largest absolute Gasteiger partial charge is 0.468 e. The van der Waals surface area contributed by atoms with E-state index in [-0.39, 0.29) is 22.9 Å². The molecule has 0 saturated carbocycles. The summed E-state index contributed by atoms with van der Waals surface area (Å²) in [5.41, 5.74) is 0. The highest BCUT2D eigenvalue weighted by atomic mass is 32.2. The molecule has 0 spiro atoms. The summed E-state index contributed by atoms with van der Waals surface area (Å²) in [6.45, 7) is 5.94. The molecule has 1 atom stereocenters. The number of amides is 1. The molecule has 0 aromatic carbocycles. The molecular weight excluding hydrogens is 383 g/mol. The fourth-order valence-electron chi connectivity index (χ4n) is 2.63. The van der Waals surface area contributed by atoms with Crippen LogP contribution in [0, 0.1) is 0 Å². The highest BCUT2D eigenvalue weighted by Gasteiger charge is 2.37. The summed E-state index contributed by atoms with van der Waals surface area (Å²) in [4.78, 5) is 14.3. The monoisotopic (exact) mass is 405 g/mol. The molecular formula is C16H22F3N5O2S. The van der Waals surface area contributed by atoms with Crippen molar-refractivity contribution in [2.75, 3.05) is 25.4 Å². The number of likely N-dealkylation sites (N-methyl/N-ethyl adjacent to an activating group) is 1. The molecule has 0 aliphatic heterocycles. The minimum atomic E-state index is -4.58. The molecule has 7 nitrogen and oxygen atoms in total. The summed E-state index contributed by atoms with van der Waals surface area (Å²) in [7, 11) is 1.22. The van der Waals surface area contributed by atoms with E-state index in [1.54, 1.807) is 12.3 Å². The van der Waals surface area contributed by atoms with Gasteiger partial charge in [-0.25, -0.2) is 0 Å². The average molecular weight is 405 g/mol. The first kappa shape index (κ1) is 21.3. The lowest BCUT2D eigenvalue weighted by Gasteiger charge is -2.28. The number of carbonyl (C=O) groups is 1. The maximum atomic E-state index is 12.7. The SMILES string of the molecule is CCN(CC)[C@H](CNC(=O)CSc1nnc(C(F)(F)F)n1C)c1ccco1. The molecule has 0 saturated heterocycles. The van der Waals surface area contributed by atoms with Crippen LogP contribution < -0.4 is 5.32 Å². The van der Waals surface area contributed by atoms with Crippen molar-refractivity contribution in [1.29, 1.82) is 0 Å². The van der Waals surface area contributed by atoms with E-state index in [4.69, 9.17) is 4.42 Å². The highest BCUT2D eigenvalue weighted by Crippen LogP contribution is 2.29. The maximum Gasteiger partial charge on any atom is 0.451 e. The third-order valence-corrected chi connectivity index (χ3v) is 5.06. The van der Waals surface area contributed by atoms with Crippen molar-refractivity contribution in [3.63, 3.8) is 0 Å². The topological polar surface area (TPSA) is 76.2 Å². The molecule has 2 aromatic rings. The molecule has 0 fully saturated rings. The Hall–Kier alpha value is -2.01. The van der Waals surface area contributed by atoms with Crippen LogP contribution in [0.5, 0.6) is 0 Å². The first-order chi connectivity index (χ1) is 12.8. The van der Waals surface area contributed by atoms with Crippen LogP contribution in [0.15, 0.2) is 28.0 Å². The number of aromatic nitrogens is 3. The third-order valence-electron chi connectivity index (χ3n) is 4.04. The van der Waals surface area contributed by atoms with Crippen LogP contribution in [-0.2, 0) is 18.0 Å². The fourth-order valence-corrected chi connectivity index (χ4v) is 3.37.